The Labute approximate surface area is 659 Å². The molecule has 9 rings (SSSR count). The van der Waals surface area contributed by atoms with Gasteiger partial charge in [-0.3, -0.25) is 19.2 Å². The highest BCUT2D eigenvalue weighted by atomic mass is 16.4. The van der Waals surface area contributed by atoms with Crippen molar-refractivity contribution in [2.24, 2.45) is 23.7 Å². The molecule has 5 aromatic rings. The fourth-order valence-corrected chi connectivity index (χ4v) is 17.9. The van der Waals surface area contributed by atoms with Gasteiger partial charge in [0.2, 0.25) is 0 Å². The van der Waals surface area contributed by atoms with Gasteiger partial charge in [-0.1, -0.05) is 312 Å². The minimum Gasteiger partial charge on any atom is -0.463 e. The summed E-state index contributed by atoms with van der Waals surface area (Å²) < 4.78 is 26.8. The molecule has 4 aliphatic heterocycles. The molecule has 9 heterocycles. The first-order valence-corrected chi connectivity index (χ1v) is 45.3. The molecule has 602 valence electrons. The molecule has 4 aliphatic rings. The van der Waals surface area contributed by atoms with Crippen molar-refractivity contribution >= 4 is 46.4 Å². The number of unbranched alkanes of at least 4 members (excludes halogenated alkanes) is 32. The lowest BCUT2D eigenvalue weighted by Gasteiger charge is -2.29. The smallest absolute Gasteiger partial charge is 0.261 e. The Balaban J connectivity index is 1.09. The lowest BCUT2D eigenvalue weighted by molar-refractivity contribution is -0.124. The van der Waals surface area contributed by atoms with Crippen LogP contribution in [0, 0.1) is 23.7 Å². The second-order valence-electron chi connectivity index (χ2n) is 33.2. The number of nitrogens with zero attached hydrogens (tertiary/aromatic N) is 4. The van der Waals surface area contributed by atoms with Crippen LogP contribution < -0.4 is 0 Å². The molecule has 13 heteroatoms. The number of carbonyl (C=O) groups excluding carboxylic acids is 4. The molecule has 0 radical (unpaired) electrons. The van der Waals surface area contributed by atoms with Gasteiger partial charge >= 0.3 is 0 Å². The topological polar surface area (TPSA) is 150 Å². The van der Waals surface area contributed by atoms with Crippen LogP contribution in [0.15, 0.2) is 113 Å². The van der Waals surface area contributed by atoms with Gasteiger partial charge in [-0.05, 0) is 136 Å². The first-order chi connectivity index (χ1) is 53.5. The second kappa shape index (κ2) is 47.6. The maximum atomic E-state index is 15.9. The fourth-order valence-electron chi connectivity index (χ4n) is 17.9. The number of furan rings is 4. The van der Waals surface area contributed by atoms with Crippen molar-refractivity contribution in [3.05, 3.63) is 119 Å². The fraction of sp³-hybridized carbons (Fsp3) is 0.667. The highest BCUT2D eigenvalue weighted by molar-refractivity contribution is 6.31. The van der Waals surface area contributed by atoms with Gasteiger partial charge in [0.15, 0.2) is 34.6 Å². The average molecular weight is 1500 g/mol. The zero-order valence-corrected chi connectivity index (χ0v) is 69.6. The van der Waals surface area contributed by atoms with Gasteiger partial charge in [0.05, 0.1) is 46.2 Å². The molecule has 0 aromatic carbocycles. The monoisotopic (exact) mass is 1500 g/mol. The van der Waals surface area contributed by atoms with E-state index < -0.39 is 0 Å². The molecule has 0 bridgehead atoms. The molecule has 4 unspecified atom stereocenters. The number of carbonyl (C=O) groups is 4. The third kappa shape index (κ3) is 24.4. The summed E-state index contributed by atoms with van der Waals surface area (Å²) in [4.78, 5) is 75.1. The summed E-state index contributed by atoms with van der Waals surface area (Å²) in [5.41, 5.74) is 5.34. The van der Waals surface area contributed by atoms with Gasteiger partial charge in [0.25, 0.3) is 23.6 Å². The molecule has 0 fully saturated rings. The molecule has 13 nitrogen and oxygen atoms in total. The van der Waals surface area contributed by atoms with Gasteiger partial charge < -0.3 is 42.3 Å². The predicted octanol–water partition coefficient (Wildman–Crippen LogP) is 27.7. The van der Waals surface area contributed by atoms with Crippen LogP contribution in [-0.4, -0.2) is 74.4 Å². The van der Waals surface area contributed by atoms with E-state index in [9.17, 15) is 0 Å². The standard InChI is InChI=1S/C96H145N5O8/c1-9-17-25-33-37-45-55-73(51-41-29-21-13-5)69-98-89(81-59-49-67-106-81)85-87(95(98)104)91(100(93(85)102)71-75(53-43-31-23-15-7)57-47-39-35-27-19-11-3)83-65-63-79(108-83)77-61-62-78(97-77)80-64-66-84(109-80)92-88-86(94(103)101(92)72-76(54-44-32-24-16-8)58-48-40-36-28-20-12-4)90(82-60-50-68-107-82)99(96(88)105)70-74(52-42-30-22-14-6)56-46-38-34-26-18-10-2/h49-50,59-68,73-76,97H,9-48,51-58,69-72H2,1-8H3. The highest BCUT2D eigenvalue weighted by Crippen LogP contribution is 2.51. The first kappa shape index (κ1) is 86.2. The number of H-pyrrole nitrogens is 1. The first-order valence-electron chi connectivity index (χ1n) is 45.3. The van der Waals surface area contributed by atoms with E-state index in [4.69, 9.17) is 17.7 Å². The van der Waals surface area contributed by atoms with Crippen LogP contribution in [0.1, 0.15) is 387 Å². The van der Waals surface area contributed by atoms with Crippen LogP contribution in [0.25, 0.3) is 45.7 Å². The number of aromatic amines is 1. The number of hydrogen-bond acceptors (Lipinski definition) is 8. The summed E-state index contributed by atoms with van der Waals surface area (Å²) in [5, 5.41) is 0. The maximum Gasteiger partial charge on any atom is 0.261 e. The summed E-state index contributed by atoms with van der Waals surface area (Å²) in [6, 6.07) is 19.4. The molecule has 1 N–H and O–H groups in total. The molecule has 0 saturated heterocycles. The quantitative estimate of drug-likeness (QED) is 0.0378. The van der Waals surface area contributed by atoms with Crippen LogP contribution in [0.3, 0.4) is 0 Å². The van der Waals surface area contributed by atoms with E-state index in [2.05, 4.69) is 60.4 Å². The summed E-state index contributed by atoms with van der Waals surface area (Å²) in [5.74, 6) is 3.52. The summed E-state index contributed by atoms with van der Waals surface area (Å²) >= 11 is 0. The Kier molecular flexibility index (Phi) is 37.6. The van der Waals surface area contributed by atoms with Gasteiger partial charge in [-0.2, -0.15) is 0 Å². The third-order valence-corrected chi connectivity index (χ3v) is 24.3. The van der Waals surface area contributed by atoms with Crippen LogP contribution in [0.5, 0.6) is 0 Å². The van der Waals surface area contributed by atoms with Crippen molar-refractivity contribution < 1.29 is 36.8 Å². The number of fused-ring (bicyclic) bond motifs is 2. The van der Waals surface area contributed by atoms with Crippen molar-refractivity contribution in [3.8, 4) is 22.9 Å². The largest absolute Gasteiger partial charge is 0.463 e. The second-order valence-corrected chi connectivity index (χ2v) is 33.2. The van der Waals surface area contributed by atoms with Gasteiger partial charge in [0, 0.05) is 26.2 Å². The van der Waals surface area contributed by atoms with E-state index >= 15 is 19.2 Å². The van der Waals surface area contributed by atoms with Gasteiger partial charge in [-0.25, -0.2) is 0 Å². The molecule has 0 saturated carbocycles. The van der Waals surface area contributed by atoms with Crippen molar-refractivity contribution in [3.63, 3.8) is 0 Å². The van der Waals surface area contributed by atoms with Gasteiger partial charge in [-0.15, -0.1) is 0 Å². The Morgan fingerprint density at radius 3 is 0.697 bits per heavy atom. The molecule has 4 amide bonds. The van der Waals surface area contributed by atoms with E-state index in [1.54, 1.807) is 12.5 Å². The van der Waals surface area contributed by atoms with Crippen LogP contribution >= 0.6 is 0 Å². The number of amides is 4. The normalized spacial score (nSPS) is 15.9. The summed E-state index contributed by atoms with van der Waals surface area (Å²) in [6.07, 6.45) is 58.9. The Bertz CT molecular complexity index is 3370. The van der Waals surface area contributed by atoms with E-state index in [0.29, 0.717) is 117 Å². The average Bonchev–Trinajstić information content (AvgIpc) is 1.56. The zero-order chi connectivity index (χ0) is 77.0. The minimum absolute atomic E-state index is 0.158. The van der Waals surface area contributed by atoms with Crippen molar-refractivity contribution in [1.29, 1.82) is 0 Å². The van der Waals surface area contributed by atoms with E-state index in [1.165, 1.54) is 167 Å². The SMILES string of the molecule is CCCCCCCCC(CCCCCC)CN1C(=O)C2=C(c3ccc(-c4ccc(-c5ccc(C6=C7C(=O)N(CC(CCCCCC)CCCCCCCC)C(c8ccco8)=C7C(=O)N6CC(CCCCCC)CCCCCCCC)o5)[nH]4)o3)N(CC(CCCCCC)CCCCCCCC)C(=O)C2=C1c1ccco1. The molecule has 4 atom stereocenters. The maximum absolute atomic E-state index is 15.9. The van der Waals surface area contributed by atoms with E-state index in [1.807, 2.05) is 80.3 Å². The highest BCUT2D eigenvalue weighted by Gasteiger charge is 2.53. The van der Waals surface area contributed by atoms with Crippen LogP contribution in [-0.2, 0) is 19.2 Å². The molecule has 0 aliphatic carbocycles. The van der Waals surface area contributed by atoms with Crippen LogP contribution in [0.4, 0.5) is 0 Å². The number of hydrogen-bond donors (Lipinski definition) is 1. The molecule has 0 spiro atoms. The zero-order valence-electron chi connectivity index (χ0n) is 69.6. The van der Waals surface area contributed by atoms with Gasteiger partial charge in [0.1, 0.15) is 22.8 Å². The summed E-state index contributed by atoms with van der Waals surface area (Å²) in [7, 11) is 0. The minimum atomic E-state index is -0.158. The Morgan fingerprint density at radius 1 is 0.257 bits per heavy atom. The molecule has 5 aromatic heterocycles. The number of rotatable bonds is 62. The molecular formula is C96H145N5O8. The Morgan fingerprint density at radius 2 is 0.468 bits per heavy atom. The van der Waals surface area contributed by atoms with Crippen LogP contribution in [0.2, 0.25) is 0 Å². The van der Waals surface area contributed by atoms with Crippen molar-refractivity contribution in [2.75, 3.05) is 26.2 Å². The number of aromatic nitrogens is 1. The predicted molar refractivity (Wildman–Crippen MR) is 449 cm³/mol. The lowest BCUT2D eigenvalue weighted by Crippen LogP contribution is -2.34. The van der Waals surface area contributed by atoms with Crippen molar-refractivity contribution in [2.45, 2.75) is 364 Å². The molecule has 109 heavy (non-hydrogen) atoms. The lowest BCUT2D eigenvalue weighted by atomic mass is 9.93. The third-order valence-electron chi connectivity index (χ3n) is 24.3. The Hall–Kier alpha value is -6.76. The summed E-state index contributed by atoms with van der Waals surface area (Å²) in [6.45, 7) is 20.1. The number of nitrogens with one attached hydrogen (secondary N) is 1. The van der Waals surface area contributed by atoms with Crippen molar-refractivity contribution in [1.82, 2.24) is 24.6 Å². The molecular weight excluding hydrogens is 1350 g/mol. The van der Waals surface area contributed by atoms with E-state index in [0.717, 1.165) is 141 Å². The van der Waals surface area contributed by atoms with E-state index in [-0.39, 0.29) is 47.3 Å².